The predicted octanol–water partition coefficient (Wildman–Crippen LogP) is 4.39. The fourth-order valence-electron chi connectivity index (χ4n) is 3.02. The van der Waals surface area contributed by atoms with Gasteiger partial charge in [0, 0.05) is 12.1 Å². The molecule has 2 rings (SSSR count). The number of rotatable bonds is 2. The zero-order chi connectivity index (χ0) is 14.0. The summed E-state index contributed by atoms with van der Waals surface area (Å²) in [5.74, 6) is 0.731. The Morgan fingerprint density at radius 2 is 1.84 bits per heavy atom. The maximum atomic E-state index is 13.8. The zero-order valence-electron chi connectivity index (χ0n) is 12.7. The van der Waals surface area contributed by atoms with Crippen molar-refractivity contribution in [2.45, 2.75) is 47.1 Å². The molecule has 19 heavy (non-hydrogen) atoms. The van der Waals surface area contributed by atoms with Crippen LogP contribution >= 0.6 is 0 Å². The van der Waals surface area contributed by atoms with Gasteiger partial charge in [0.2, 0.25) is 0 Å². The van der Waals surface area contributed by atoms with Gasteiger partial charge in [-0.25, -0.2) is 4.39 Å². The molecule has 0 bridgehead atoms. The molecule has 1 aromatic rings. The molecule has 0 aromatic heterocycles. The molecule has 0 amide bonds. The normalized spacial score (nSPS) is 18.8. The van der Waals surface area contributed by atoms with Crippen LogP contribution in [-0.4, -0.2) is 18.0 Å². The summed E-state index contributed by atoms with van der Waals surface area (Å²) in [6.45, 7) is 11.9. The molecule has 1 heterocycles. The second-order valence-corrected chi connectivity index (χ2v) is 7.01. The number of piperidine rings is 1. The Labute approximate surface area is 116 Å². The number of aryl methyl sites for hydroxylation is 1. The highest BCUT2D eigenvalue weighted by molar-refractivity contribution is 5.24. The number of benzene rings is 1. The minimum atomic E-state index is -0.0662. The number of hydrogen-bond acceptors (Lipinski definition) is 1. The minimum absolute atomic E-state index is 0.0662. The van der Waals surface area contributed by atoms with E-state index < -0.39 is 0 Å². The molecule has 0 N–H and O–H groups in total. The third-order valence-electron chi connectivity index (χ3n) is 4.41. The van der Waals surface area contributed by atoms with Crippen LogP contribution in [0.25, 0.3) is 0 Å². The Morgan fingerprint density at radius 1 is 1.21 bits per heavy atom. The lowest BCUT2D eigenvalue weighted by molar-refractivity contribution is 0.107. The van der Waals surface area contributed by atoms with Crippen LogP contribution < -0.4 is 0 Å². The standard InChI is InChI=1S/C17H26FN/c1-13-5-6-16(18)14(11-13)12-19-9-7-15(8-10-19)17(2,3)4/h5-6,11,15H,7-10,12H2,1-4H3. The second-order valence-electron chi connectivity index (χ2n) is 7.01. The van der Waals surface area contributed by atoms with E-state index >= 15 is 0 Å². The fourth-order valence-corrected chi connectivity index (χ4v) is 3.02. The third-order valence-corrected chi connectivity index (χ3v) is 4.41. The number of nitrogens with zero attached hydrogens (tertiary/aromatic N) is 1. The molecular weight excluding hydrogens is 237 g/mol. The first kappa shape index (κ1) is 14.5. The van der Waals surface area contributed by atoms with Crippen molar-refractivity contribution in [3.05, 3.63) is 35.1 Å². The number of likely N-dealkylation sites (tertiary alicyclic amines) is 1. The first-order valence-electron chi connectivity index (χ1n) is 7.33. The highest BCUT2D eigenvalue weighted by Crippen LogP contribution is 2.34. The molecule has 1 saturated heterocycles. The molecule has 1 fully saturated rings. The van der Waals surface area contributed by atoms with E-state index in [1.54, 1.807) is 6.07 Å². The van der Waals surface area contributed by atoms with Gasteiger partial charge in [-0.3, -0.25) is 4.90 Å². The Kier molecular flexibility index (Phi) is 4.29. The van der Waals surface area contributed by atoms with Crippen LogP contribution in [0.4, 0.5) is 4.39 Å². The van der Waals surface area contributed by atoms with Crippen LogP contribution in [0.5, 0.6) is 0 Å². The highest BCUT2D eigenvalue weighted by atomic mass is 19.1. The van der Waals surface area contributed by atoms with E-state index in [1.807, 2.05) is 19.1 Å². The molecule has 0 radical (unpaired) electrons. The zero-order valence-corrected chi connectivity index (χ0v) is 12.7. The first-order valence-corrected chi connectivity index (χ1v) is 7.33. The smallest absolute Gasteiger partial charge is 0.127 e. The van der Waals surface area contributed by atoms with Gasteiger partial charge in [0.05, 0.1) is 0 Å². The predicted molar refractivity (Wildman–Crippen MR) is 78.6 cm³/mol. The molecule has 0 saturated carbocycles. The second kappa shape index (κ2) is 5.62. The van der Waals surface area contributed by atoms with Crippen LogP contribution in [0, 0.1) is 24.1 Å². The Hall–Kier alpha value is -0.890. The van der Waals surface area contributed by atoms with Crippen LogP contribution in [0.2, 0.25) is 0 Å². The van der Waals surface area contributed by atoms with Crippen molar-refractivity contribution >= 4 is 0 Å². The van der Waals surface area contributed by atoms with Gasteiger partial charge < -0.3 is 0 Å². The molecule has 1 nitrogen and oxygen atoms in total. The monoisotopic (exact) mass is 263 g/mol. The van der Waals surface area contributed by atoms with Crippen molar-refractivity contribution < 1.29 is 4.39 Å². The van der Waals surface area contributed by atoms with Gasteiger partial charge in [-0.1, -0.05) is 38.5 Å². The van der Waals surface area contributed by atoms with Gasteiger partial charge in [0.15, 0.2) is 0 Å². The first-order chi connectivity index (χ1) is 8.86. The molecular formula is C17H26FN. The Bertz CT molecular complexity index is 425. The lowest BCUT2D eigenvalue weighted by Crippen LogP contribution is -2.37. The average molecular weight is 263 g/mol. The van der Waals surface area contributed by atoms with Crippen molar-refractivity contribution in [2.75, 3.05) is 13.1 Å². The molecule has 0 aliphatic carbocycles. The van der Waals surface area contributed by atoms with Crippen LogP contribution in [0.3, 0.4) is 0 Å². The van der Waals surface area contributed by atoms with Gasteiger partial charge in [0.1, 0.15) is 5.82 Å². The van der Waals surface area contributed by atoms with Gasteiger partial charge >= 0.3 is 0 Å². The van der Waals surface area contributed by atoms with E-state index in [-0.39, 0.29) is 5.82 Å². The third kappa shape index (κ3) is 3.79. The summed E-state index contributed by atoms with van der Waals surface area (Å²) in [4.78, 5) is 2.39. The fraction of sp³-hybridized carbons (Fsp3) is 0.647. The van der Waals surface area contributed by atoms with Crippen LogP contribution in [-0.2, 0) is 6.54 Å². The maximum absolute atomic E-state index is 13.8. The Morgan fingerprint density at radius 3 is 2.42 bits per heavy atom. The highest BCUT2D eigenvalue weighted by Gasteiger charge is 2.28. The quantitative estimate of drug-likeness (QED) is 0.765. The summed E-state index contributed by atoms with van der Waals surface area (Å²) >= 11 is 0. The topological polar surface area (TPSA) is 3.24 Å². The van der Waals surface area contributed by atoms with E-state index in [2.05, 4.69) is 25.7 Å². The van der Waals surface area contributed by atoms with Crippen molar-refractivity contribution in [3.63, 3.8) is 0 Å². The summed E-state index contributed by atoms with van der Waals surface area (Å²) in [6, 6.07) is 5.41. The summed E-state index contributed by atoms with van der Waals surface area (Å²) < 4.78 is 13.8. The summed E-state index contributed by atoms with van der Waals surface area (Å²) in [7, 11) is 0. The van der Waals surface area contributed by atoms with E-state index in [4.69, 9.17) is 0 Å². The van der Waals surface area contributed by atoms with E-state index in [0.29, 0.717) is 5.41 Å². The largest absolute Gasteiger partial charge is 0.299 e. The maximum Gasteiger partial charge on any atom is 0.127 e. The minimum Gasteiger partial charge on any atom is -0.299 e. The molecule has 0 atom stereocenters. The van der Waals surface area contributed by atoms with Crippen LogP contribution in [0.15, 0.2) is 18.2 Å². The summed E-state index contributed by atoms with van der Waals surface area (Å²) in [5.41, 5.74) is 2.39. The number of halogens is 1. The van der Waals surface area contributed by atoms with Crippen molar-refractivity contribution in [1.82, 2.24) is 4.90 Å². The average Bonchev–Trinajstić information content (AvgIpc) is 2.33. The SMILES string of the molecule is Cc1ccc(F)c(CN2CCC(C(C)(C)C)CC2)c1. The van der Waals surface area contributed by atoms with Gasteiger partial charge in [-0.2, -0.15) is 0 Å². The van der Waals surface area contributed by atoms with Crippen LogP contribution in [0.1, 0.15) is 44.7 Å². The molecule has 2 heteroatoms. The summed E-state index contributed by atoms with van der Waals surface area (Å²) in [5, 5.41) is 0. The lowest BCUT2D eigenvalue weighted by Gasteiger charge is -2.38. The molecule has 106 valence electrons. The van der Waals surface area contributed by atoms with Crippen molar-refractivity contribution in [1.29, 1.82) is 0 Å². The summed E-state index contributed by atoms with van der Waals surface area (Å²) in [6.07, 6.45) is 2.47. The molecule has 1 aromatic carbocycles. The Balaban J connectivity index is 1.94. The van der Waals surface area contributed by atoms with E-state index in [1.165, 1.54) is 12.8 Å². The lowest BCUT2D eigenvalue weighted by atomic mass is 9.75. The molecule has 1 aliphatic heterocycles. The van der Waals surface area contributed by atoms with E-state index in [9.17, 15) is 4.39 Å². The van der Waals surface area contributed by atoms with Crippen molar-refractivity contribution in [3.8, 4) is 0 Å². The van der Waals surface area contributed by atoms with Gasteiger partial charge in [0.25, 0.3) is 0 Å². The molecule has 0 spiro atoms. The van der Waals surface area contributed by atoms with E-state index in [0.717, 1.165) is 36.7 Å². The molecule has 0 unspecified atom stereocenters. The van der Waals surface area contributed by atoms with Gasteiger partial charge in [-0.15, -0.1) is 0 Å². The van der Waals surface area contributed by atoms with Gasteiger partial charge in [-0.05, 0) is 50.3 Å². The molecule has 1 aliphatic rings. The number of hydrogen-bond donors (Lipinski definition) is 0. The van der Waals surface area contributed by atoms with Crippen molar-refractivity contribution in [2.24, 2.45) is 11.3 Å².